The molecule has 0 aliphatic carbocycles. The second kappa shape index (κ2) is 5.77. The van der Waals surface area contributed by atoms with Crippen molar-refractivity contribution in [2.45, 2.75) is 12.5 Å². The Labute approximate surface area is 138 Å². The molecule has 1 fully saturated rings. The monoisotopic (exact) mass is 320 g/mol. The summed E-state index contributed by atoms with van der Waals surface area (Å²) in [4.78, 5) is 16.2. The summed E-state index contributed by atoms with van der Waals surface area (Å²) < 4.78 is 0. The molecule has 8 nitrogen and oxygen atoms in total. The van der Waals surface area contributed by atoms with Crippen LogP contribution >= 0.6 is 0 Å². The average Bonchev–Trinajstić information content (AvgIpc) is 3.30. The van der Waals surface area contributed by atoms with E-state index in [4.69, 9.17) is 5.26 Å². The summed E-state index contributed by atoms with van der Waals surface area (Å²) in [5.74, 6) is 1.73. The van der Waals surface area contributed by atoms with Crippen molar-refractivity contribution >= 4 is 22.7 Å². The predicted molar refractivity (Wildman–Crippen MR) is 89.7 cm³/mol. The molecule has 1 aliphatic rings. The molecule has 120 valence electrons. The zero-order valence-electron chi connectivity index (χ0n) is 13.2. The molecule has 1 saturated heterocycles. The molecule has 0 saturated carbocycles. The third kappa shape index (κ3) is 2.40. The van der Waals surface area contributed by atoms with Crippen molar-refractivity contribution in [2.75, 3.05) is 29.9 Å². The topological polar surface area (TPSA) is 97.6 Å². The molecule has 1 aliphatic heterocycles. The first-order chi connectivity index (χ1) is 11.8. The molecule has 4 rings (SSSR count). The van der Waals surface area contributed by atoms with E-state index in [-0.39, 0.29) is 0 Å². The normalized spacial score (nSPS) is 17.2. The minimum atomic E-state index is 0.316. The zero-order chi connectivity index (χ0) is 16.5. The molecule has 4 heterocycles. The van der Waals surface area contributed by atoms with Crippen LogP contribution in [0.4, 0.5) is 11.6 Å². The minimum Gasteiger partial charge on any atom is -0.354 e. The second-order valence-electron chi connectivity index (χ2n) is 5.83. The lowest BCUT2D eigenvalue weighted by Crippen LogP contribution is -2.35. The van der Waals surface area contributed by atoms with E-state index in [1.807, 2.05) is 31.4 Å². The third-order valence-electron chi connectivity index (χ3n) is 4.47. The van der Waals surface area contributed by atoms with Crippen molar-refractivity contribution in [3.63, 3.8) is 0 Å². The van der Waals surface area contributed by atoms with Crippen LogP contribution in [0.3, 0.4) is 0 Å². The van der Waals surface area contributed by atoms with Gasteiger partial charge in [0.1, 0.15) is 23.9 Å². The maximum absolute atomic E-state index is 8.82. The van der Waals surface area contributed by atoms with E-state index >= 15 is 0 Å². The molecule has 0 bridgehead atoms. The summed E-state index contributed by atoms with van der Waals surface area (Å²) in [6, 6.07) is 7.84. The number of anilines is 2. The van der Waals surface area contributed by atoms with Crippen LogP contribution in [0, 0.1) is 11.3 Å². The summed E-state index contributed by atoms with van der Waals surface area (Å²) >= 11 is 0. The molecule has 3 aromatic heterocycles. The van der Waals surface area contributed by atoms with Crippen molar-refractivity contribution in [1.82, 2.24) is 25.1 Å². The van der Waals surface area contributed by atoms with Gasteiger partial charge in [0, 0.05) is 32.4 Å². The third-order valence-corrected chi connectivity index (χ3v) is 4.47. The van der Waals surface area contributed by atoms with Gasteiger partial charge in [-0.05, 0) is 24.6 Å². The van der Waals surface area contributed by atoms with Crippen LogP contribution < -0.4 is 9.80 Å². The number of aromatic amines is 1. The van der Waals surface area contributed by atoms with Gasteiger partial charge in [-0.2, -0.15) is 5.26 Å². The Morgan fingerprint density at radius 1 is 1.29 bits per heavy atom. The number of aromatic nitrogens is 5. The van der Waals surface area contributed by atoms with Gasteiger partial charge >= 0.3 is 0 Å². The van der Waals surface area contributed by atoms with Gasteiger partial charge < -0.3 is 14.8 Å². The molecule has 1 atom stereocenters. The Balaban J connectivity index is 1.53. The van der Waals surface area contributed by atoms with Crippen molar-refractivity contribution in [2.24, 2.45) is 0 Å². The maximum Gasteiger partial charge on any atom is 0.163 e. The Kier molecular flexibility index (Phi) is 3.46. The SMILES string of the molecule is CN(c1ccc(C#N)nn1)[C@@H]1CCN(c2ncnc3[nH]ccc23)C1. The molecule has 0 amide bonds. The number of likely N-dealkylation sites (N-methyl/N-ethyl adjacent to an activating group) is 1. The quantitative estimate of drug-likeness (QED) is 0.777. The first-order valence-electron chi connectivity index (χ1n) is 7.76. The molecule has 1 N–H and O–H groups in total. The van der Waals surface area contributed by atoms with Gasteiger partial charge in [0.25, 0.3) is 0 Å². The smallest absolute Gasteiger partial charge is 0.163 e. The van der Waals surface area contributed by atoms with E-state index < -0.39 is 0 Å². The standard InChI is InChI=1S/C16H16N8/c1-23(14-3-2-11(8-17)21-22-14)12-5-7-24(9-12)16-13-4-6-18-15(13)19-10-20-16/h2-4,6,10,12H,5,7,9H2,1H3,(H,18,19,20)/t12-/m1/s1. The molecule has 8 heteroatoms. The van der Waals surface area contributed by atoms with E-state index in [1.54, 1.807) is 12.4 Å². The second-order valence-corrected chi connectivity index (χ2v) is 5.83. The van der Waals surface area contributed by atoms with E-state index in [1.165, 1.54) is 0 Å². The molecule has 0 aromatic carbocycles. The van der Waals surface area contributed by atoms with Crippen molar-refractivity contribution in [3.8, 4) is 6.07 Å². The number of fused-ring (bicyclic) bond motifs is 1. The van der Waals surface area contributed by atoms with Crippen LogP contribution in [0.15, 0.2) is 30.7 Å². The number of H-pyrrole nitrogens is 1. The number of rotatable bonds is 3. The van der Waals surface area contributed by atoms with Crippen LogP contribution in [-0.2, 0) is 0 Å². The fourth-order valence-corrected chi connectivity index (χ4v) is 3.12. The van der Waals surface area contributed by atoms with Crippen LogP contribution in [0.2, 0.25) is 0 Å². The lowest BCUT2D eigenvalue weighted by molar-refractivity contribution is 0.678. The fourth-order valence-electron chi connectivity index (χ4n) is 3.12. The summed E-state index contributed by atoms with van der Waals surface area (Å²) in [6.45, 7) is 1.78. The summed E-state index contributed by atoms with van der Waals surface area (Å²) in [5, 5.41) is 17.9. The highest BCUT2D eigenvalue weighted by molar-refractivity contribution is 5.87. The van der Waals surface area contributed by atoms with E-state index in [0.29, 0.717) is 11.7 Å². The van der Waals surface area contributed by atoms with E-state index in [9.17, 15) is 0 Å². The van der Waals surface area contributed by atoms with Gasteiger partial charge in [-0.25, -0.2) is 9.97 Å². The zero-order valence-corrected chi connectivity index (χ0v) is 13.2. The molecule has 0 unspecified atom stereocenters. The van der Waals surface area contributed by atoms with Gasteiger partial charge in [-0.1, -0.05) is 0 Å². The van der Waals surface area contributed by atoms with Gasteiger partial charge in [0.2, 0.25) is 0 Å². The van der Waals surface area contributed by atoms with E-state index in [0.717, 1.165) is 42.2 Å². The first-order valence-corrected chi connectivity index (χ1v) is 7.76. The van der Waals surface area contributed by atoms with Gasteiger partial charge in [-0.15, -0.1) is 10.2 Å². The Morgan fingerprint density at radius 2 is 2.21 bits per heavy atom. The van der Waals surface area contributed by atoms with Crippen LogP contribution in [0.1, 0.15) is 12.1 Å². The summed E-state index contributed by atoms with van der Waals surface area (Å²) in [6.07, 6.45) is 4.49. The molecule has 3 aromatic rings. The number of nitrogens with one attached hydrogen (secondary N) is 1. The van der Waals surface area contributed by atoms with Gasteiger partial charge in [0.15, 0.2) is 11.5 Å². The summed E-state index contributed by atoms with van der Waals surface area (Å²) in [7, 11) is 2.01. The number of hydrogen-bond donors (Lipinski definition) is 1. The number of hydrogen-bond acceptors (Lipinski definition) is 7. The number of nitriles is 1. The Morgan fingerprint density at radius 3 is 3.00 bits per heavy atom. The maximum atomic E-state index is 8.82. The van der Waals surface area contributed by atoms with Gasteiger partial charge in [0.05, 0.1) is 5.39 Å². The highest BCUT2D eigenvalue weighted by Gasteiger charge is 2.28. The van der Waals surface area contributed by atoms with Crippen LogP contribution in [-0.4, -0.2) is 51.3 Å². The Hall–Kier alpha value is -3.21. The highest BCUT2D eigenvalue weighted by Crippen LogP contribution is 2.27. The van der Waals surface area contributed by atoms with E-state index in [2.05, 4.69) is 34.9 Å². The molecule has 24 heavy (non-hydrogen) atoms. The lowest BCUT2D eigenvalue weighted by Gasteiger charge is -2.25. The summed E-state index contributed by atoms with van der Waals surface area (Å²) in [5.41, 5.74) is 1.19. The minimum absolute atomic E-state index is 0.316. The molecule has 0 radical (unpaired) electrons. The Bertz CT molecular complexity index is 894. The number of nitrogens with zero attached hydrogens (tertiary/aromatic N) is 7. The van der Waals surface area contributed by atoms with Crippen LogP contribution in [0.5, 0.6) is 0 Å². The molecular formula is C16H16N8. The fraction of sp³-hybridized carbons (Fsp3) is 0.312. The van der Waals surface area contributed by atoms with Crippen molar-refractivity contribution in [1.29, 1.82) is 5.26 Å². The van der Waals surface area contributed by atoms with Crippen molar-refractivity contribution in [3.05, 3.63) is 36.4 Å². The first kappa shape index (κ1) is 14.4. The van der Waals surface area contributed by atoms with Crippen molar-refractivity contribution < 1.29 is 0 Å². The van der Waals surface area contributed by atoms with Gasteiger partial charge in [-0.3, -0.25) is 0 Å². The predicted octanol–water partition coefficient (Wildman–Crippen LogP) is 1.33. The molecular weight excluding hydrogens is 304 g/mol. The van der Waals surface area contributed by atoms with Crippen LogP contribution in [0.25, 0.3) is 11.0 Å². The highest BCUT2D eigenvalue weighted by atomic mass is 15.3. The lowest BCUT2D eigenvalue weighted by atomic mass is 10.2. The average molecular weight is 320 g/mol. The largest absolute Gasteiger partial charge is 0.354 e. The molecule has 0 spiro atoms.